The molecule has 1 aliphatic rings. The Balaban J connectivity index is 2.83. The van der Waals surface area contributed by atoms with Crippen LogP contribution >= 0.6 is 0 Å². The van der Waals surface area contributed by atoms with Crippen LogP contribution in [-0.4, -0.2) is 37.1 Å². The summed E-state index contributed by atoms with van der Waals surface area (Å²) in [4.78, 5) is 2.50. The van der Waals surface area contributed by atoms with Crippen LogP contribution in [0.25, 0.3) is 0 Å². The normalized spacial score (nSPS) is 22.1. The van der Waals surface area contributed by atoms with Crippen molar-refractivity contribution in [2.24, 2.45) is 5.92 Å². The average Bonchev–Trinajstić information content (AvgIpc) is 2.30. The van der Waals surface area contributed by atoms with Crippen LogP contribution in [0.3, 0.4) is 0 Å². The number of hydrogen-bond donors (Lipinski definition) is 1. The van der Waals surface area contributed by atoms with E-state index in [1.54, 1.807) is 0 Å². The van der Waals surface area contributed by atoms with Crippen molar-refractivity contribution in [3.8, 4) is 0 Å². The molecule has 102 valence electrons. The van der Waals surface area contributed by atoms with Crippen LogP contribution < -0.4 is 5.32 Å². The van der Waals surface area contributed by atoms with Crippen molar-refractivity contribution >= 4 is 0 Å². The fourth-order valence-corrected chi connectivity index (χ4v) is 3.55. The smallest absolute Gasteiger partial charge is 0.0358 e. The summed E-state index contributed by atoms with van der Waals surface area (Å²) in [6.07, 6.45) is 8.17. The first kappa shape index (κ1) is 15.0. The van der Waals surface area contributed by atoms with Gasteiger partial charge in [-0.25, -0.2) is 0 Å². The molecule has 1 unspecified atom stereocenters. The lowest BCUT2D eigenvalue weighted by atomic mass is 9.71. The van der Waals surface area contributed by atoms with E-state index in [2.05, 4.69) is 45.1 Å². The standard InChI is InChI=1S/C15H32N2/c1-6-12-16-14(13(2)3)15(17(4)5)10-8-7-9-11-15/h13-14,16H,6-12H2,1-5H3. The topological polar surface area (TPSA) is 15.3 Å². The van der Waals surface area contributed by atoms with Crippen LogP contribution in [0, 0.1) is 5.92 Å². The lowest BCUT2D eigenvalue weighted by Crippen LogP contribution is -2.62. The van der Waals surface area contributed by atoms with Gasteiger partial charge in [0.05, 0.1) is 0 Å². The molecule has 0 aromatic rings. The third-order valence-corrected chi connectivity index (χ3v) is 4.47. The van der Waals surface area contributed by atoms with Gasteiger partial charge in [0.15, 0.2) is 0 Å². The van der Waals surface area contributed by atoms with Crippen molar-refractivity contribution in [2.45, 2.75) is 70.9 Å². The second-order valence-corrected chi connectivity index (χ2v) is 6.23. The van der Waals surface area contributed by atoms with Gasteiger partial charge < -0.3 is 10.2 Å². The van der Waals surface area contributed by atoms with Crippen molar-refractivity contribution in [1.29, 1.82) is 0 Å². The molecule has 1 N–H and O–H groups in total. The van der Waals surface area contributed by atoms with Gasteiger partial charge in [-0.1, -0.05) is 40.0 Å². The van der Waals surface area contributed by atoms with Gasteiger partial charge in [0, 0.05) is 11.6 Å². The maximum Gasteiger partial charge on any atom is 0.0358 e. The predicted molar refractivity (Wildman–Crippen MR) is 76.4 cm³/mol. The summed E-state index contributed by atoms with van der Waals surface area (Å²) in [7, 11) is 4.54. The average molecular weight is 240 g/mol. The fraction of sp³-hybridized carbons (Fsp3) is 1.00. The molecule has 1 atom stereocenters. The molecule has 17 heavy (non-hydrogen) atoms. The highest BCUT2D eigenvalue weighted by Gasteiger charge is 2.42. The van der Waals surface area contributed by atoms with Crippen molar-refractivity contribution in [2.75, 3.05) is 20.6 Å². The van der Waals surface area contributed by atoms with Gasteiger partial charge in [-0.05, 0) is 45.8 Å². The SMILES string of the molecule is CCCNC(C(C)C)C1(N(C)C)CCCCC1. The summed E-state index contributed by atoms with van der Waals surface area (Å²) >= 11 is 0. The molecular weight excluding hydrogens is 208 g/mol. The van der Waals surface area contributed by atoms with Crippen molar-refractivity contribution in [3.05, 3.63) is 0 Å². The summed E-state index contributed by atoms with van der Waals surface area (Å²) < 4.78 is 0. The molecule has 0 aromatic heterocycles. The van der Waals surface area contributed by atoms with Crippen LogP contribution in [0.5, 0.6) is 0 Å². The summed E-state index contributed by atoms with van der Waals surface area (Å²) in [6.45, 7) is 8.15. The second kappa shape index (κ2) is 6.75. The van der Waals surface area contributed by atoms with Gasteiger partial charge in [-0.3, -0.25) is 0 Å². The highest BCUT2D eigenvalue weighted by molar-refractivity contribution is 5.01. The predicted octanol–water partition coefficient (Wildman–Crippen LogP) is 3.28. The van der Waals surface area contributed by atoms with Gasteiger partial charge in [0.1, 0.15) is 0 Å². The summed E-state index contributed by atoms with van der Waals surface area (Å²) in [5.74, 6) is 0.710. The molecule has 0 aliphatic heterocycles. The number of likely N-dealkylation sites (N-methyl/N-ethyl adjacent to an activating group) is 1. The quantitative estimate of drug-likeness (QED) is 0.766. The van der Waals surface area contributed by atoms with E-state index in [0.29, 0.717) is 17.5 Å². The molecule has 0 spiro atoms. The maximum atomic E-state index is 3.82. The van der Waals surface area contributed by atoms with E-state index in [9.17, 15) is 0 Å². The van der Waals surface area contributed by atoms with Crippen molar-refractivity contribution in [3.63, 3.8) is 0 Å². The Hall–Kier alpha value is -0.0800. The maximum absolute atomic E-state index is 3.82. The Morgan fingerprint density at radius 1 is 1.12 bits per heavy atom. The van der Waals surface area contributed by atoms with Crippen LogP contribution in [0.15, 0.2) is 0 Å². The zero-order valence-corrected chi connectivity index (χ0v) is 12.6. The monoisotopic (exact) mass is 240 g/mol. The van der Waals surface area contributed by atoms with E-state index in [1.807, 2.05) is 0 Å². The highest BCUT2D eigenvalue weighted by atomic mass is 15.2. The molecule has 1 rings (SSSR count). The first-order chi connectivity index (χ1) is 8.04. The molecule has 0 amide bonds. The fourth-order valence-electron chi connectivity index (χ4n) is 3.55. The van der Waals surface area contributed by atoms with Gasteiger partial charge in [0.25, 0.3) is 0 Å². The first-order valence-corrected chi connectivity index (χ1v) is 7.45. The highest BCUT2D eigenvalue weighted by Crippen LogP contribution is 2.37. The van der Waals surface area contributed by atoms with E-state index in [1.165, 1.54) is 38.5 Å². The Labute approximate surface area is 108 Å². The Morgan fingerprint density at radius 2 is 1.71 bits per heavy atom. The van der Waals surface area contributed by atoms with Crippen LogP contribution in [0.1, 0.15) is 59.3 Å². The number of rotatable bonds is 6. The molecule has 2 nitrogen and oxygen atoms in total. The molecule has 0 bridgehead atoms. The number of hydrogen-bond acceptors (Lipinski definition) is 2. The lowest BCUT2D eigenvalue weighted by Gasteiger charge is -2.50. The van der Waals surface area contributed by atoms with E-state index in [4.69, 9.17) is 0 Å². The van der Waals surface area contributed by atoms with Gasteiger partial charge in [0.2, 0.25) is 0 Å². The van der Waals surface area contributed by atoms with E-state index in [-0.39, 0.29) is 0 Å². The molecule has 0 radical (unpaired) electrons. The minimum atomic E-state index is 0.390. The van der Waals surface area contributed by atoms with Gasteiger partial charge in [-0.2, -0.15) is 0 Å². The molecule has 0 heterocycles. The third-order valence-electron chi connectivity index (χ3n) is 4.47. The third kappa shape index (κ3) is 3.45. The van der Waals surface area contributed by atoms with Crippen molar-refractivity contribution < 1.29 is 0 Å². The summed E-state index contributed by atoms with van der Waals surface area (Å²) in [5, 5.41) is 3.82. The zero-order chi connectivity index (χ0) is 12.9. The van der Waals surface area contributed by atoms with E-state index >= 15 is 0 Å². The van der Waals surface area contributed by atoms with Crippen LogP contribution in [-0.2, 0) is 0 Å². The zero-order valence-electron chi connectivity index (χ0n) is 12.6. The Morgan fingerprint density at radius 3 is 2.12 bits per heavy atom. The Kier molecular flexibility index (Phi) is 5.94. The minimum absolute atomic E-state index is 0.390. The van der Waals surface area contributed by atoms with Crippen molar-refractivity contribution in [1.82, 2.24) is 10.2 Å². The molecule has 2 heteroatoms. The summed E-state index contributed by atoms with van der Waals surface area (Å²) in [6, 6.07) is 0.637. The van der Waals surface area contributed by atoms with Crippen LogP contribution in [0.2, 0.25) is 0 Å². The number of nitrogens with one attached hydrogen (secondary N) is 1. The molecule has 0 saturated heterocycles. The summed E-state index contributed by atoms with van der Waals surface area (Å²) in [5.41, 5.74) is 0.390. The van der Waals surface area contributed by atoms with Gasteiger partial charge in [-0.15, -0.1) is 0 Å². The molecular formula is C15H32N2. The second-order valence-electron chi connectivity index (χ2n) is 6.23. The minimum Gasteiger partial charge on any atom is -0.312 e. The van der Waals surface area contributed by atoms with E-state index in [0.717, 1.165) is 6.54 Å². The number of nitrogens with zero attached hydrogens (tertiary/aromatic N) is 1. The molecule has 1 fully saturated rings. The Bertz CT molecular complexity index is 205. The largest absolute Gasteiger partial charge is 0.312 e. The van der Waals surface area contributed by atoms with Gasteiger partial charge >= 0.3 is 0 Å². The molecule has 1 aliphatic carbocycles. The first-order valence-electron chi connectivity index (χ1n) is 7.45. The lowest BCUT2D eigenvalue weighted by molar-refractivity contribution is 0.0388. The molecule has 1 saturated carbocycles. The van der Waals surface area contributed by atoms with Crippen LogP contribution in [0.4, 0.5) is 0 Å². The van der Waals surface area contributed by atoms with E-state index < -0.39 is 0 Å². The molecule has 0 aromatic carbocycles.